The van der Waals surface area contributed by atoms with E-state index in [4.69, 9.17) is 5.73 Å². The van der Waals surface area contributed by atoms with E-state index < -0.39 is 0 Å². The van der Waals surface area contributed by atoms with Crippen LogP contribution in [0.5, 0.6) is 0 Å². The van der Waals surface area contributed by atoms with Crippen molar-refractivity contribution in [2.24, 2.45) is 5.73 Å². The van der Waals surface area contributed by atoms with Gasteiger partial charge in [0.25, 0.3) is 0 Å². The van der Waals surface area contributed by atoms with Gasteiger partial charge in [-0.2, -0.15) is 0 Å². The van der Waals surface area contributed by atoms with Crippen LogP contribution in [0.3, 0.4) is 0 Å². The number of benzene rings is 1. The van der Waals surface area contributed by atoms with E-state index in [1.807, 2.05) is 0 Å². The van der Waals surface area contributed by atoms with Crippen LogP contribution in [-0.4, -0.2) is 11.8 Å². The molecule has 20 heavy (non-hydrogen) atoms. The van der Waals surface area contributed by atoms with Crippen molar-refractivity contribution in [3.05, 3.63) is 34.9 Å². The molecule has 1 aromatic rings. The Morgan fingerprint density at radius 1 is 1.15 bits per heavy atom. The van der Waals surface area contributed by atoms with Crippen molar-refractivity contribution in [3.63, 3.8) is 0 Å². The summed E-state index contributed by atoms with van der Waals surface area (Å²) < 4.78 is 0. The highest BCUT2D eigenvalue weighted by Gasteiger charge is 2.17. The van der Waals surface area contributed by atoms with Gasteiger partial charge >= 0.3 is 0 Å². The Labute approximate surface area is 122 Å². The van der Waals surface area contributed by atoms with Crippen molar-refractivity contribution < 1.29 is 4.79 Å². The molecule has 2 heteroatoms. The first kappa shape index (κ1) is 15.2. The van der Waals surface area contributed by atoms with Crippen LogP contribution in [0, 0.1) is 0 Å². The van der Waals surface area contributed by atoms with Gasteiger partial charge in [-0.3, -0.25) is 4.79 Å². The van der Waals surface area contributed by atoms with Crippen molar-refractivity contribution in [1.82, 2.24) is 0 Å². The number of Topliss-reactive ketones (excluding diaryl/α,β-unsaturated/α-hetero) is 1. The Kier molecular flexibility index (Phi) is 5.78. The van der Waals surface area contributed by atoms with Gasteiger partial charge in [0.1, 0.15) is 5.78 Å². The fourth-order valence-electron chi connectivity index (χ4n) is 3.01. The van der Waals surface area contributed by atoms with Gasteiger partial charge in [-0.25, -0.2) is 0 Å². The zero-order valence-corrected chi connectivity index (χ0v) is 12.7. The van der Waals surface area contributed by atoms with Gasteiger partial charge in [0, 0.05) is 18.9 Å². The molecule has 2 nitrogen and oxygen atoms in total. The van der Waals surface area contributed by atoms with Crippen LogP contribution in [0.25, 0.3) is 0 Å². The highest BCUT2D eigenvalue weighted by molar-refractivity contribution is 5.78. The van der Waals surface area contributed by atoms with Gasteiger partial charge < -0.3 is 5.73 Å². The van der Waals surface area contributed by atoms with Crippen LogP contribution >= 0.6 is 0 Å². The Hall–Kier alpha value is -1.15. The maximum atomic E-state index is 11.6. The number of hydrogen-bond acceptors (Lipinski definition) is 2. The number of unbranched alkanes of at least 4 members (excludes halogenated alkanes) is 2. The van der Waals surface area contributed by atoms with Crippen LogP contribution in [0.2, 0.25) is 0 Å². The summed E-state index contributed by atoms with van der Waals surface area (Å²) in [4.78, 5) is 11.6. The molecule has 0 bridgehead atoms. The maximum Gasteiger partial charge on any atom is 0.132 e. The van der Waals surface area contributed by atoms with E-state index in [1.165, 1.54) is 16.7 Å². The number of fused-ring (bicyclic) bond motifs is 1. The molecule has 2 rings (SSSR count). The monoisotopic (exact) mass is 273 g/mol. The number of rotatable bonds is 8. The quantitative estimate of drug-likeness (QED) is 0.736. The van der Waals surface area contributed by atoms with E-state index in [0.29, 0.717) is 11.8 Å². The van der Waals surface area contributed by atoms with Gasteiger partial charge in [-0.15, -0.1) is 0 Å². The number of carbonyl (C=O) groups excluding carboxylic acids is 1. The molecule has 1 aromatic carbocycles. The van der Waals surface area contributed by atoms with Gasteiger partial charge in [-0.1, -0.05) is 31.5 Å². The molecule has 1 aliphatic carbocycles. The smallest absolute Gasteiger partial charge is 0.132 e. The summed E-state index contributed by atoms with van der Waals surface area (Å²) >= 11 is 0. The first-order valence-corrected chi connectivity index (χ1v) is 8.07. The van der Waals surface area contributed by atoms with E-state index in [9.17, 15) is 4.79 Å². The molecular weight excluding hydrogens is 246 g/mol. The molecule has 0 aromatic heterocycles. The predicted molar refractivity (Wildman–Crippen MR) is 83.9 cm³/mol. The average molecular weight is 273 g/mol. The van der Waals surface area contributed by atoms with Crippen LogP contribution in [0.4, 0.5) is 0 Å². The van der Waals surface area contributed by atoms with E-state index >= 15 is 0 Å². The summed E-state index contributed by atoms with van der Waals surface area (Å²) in [6.07, 6.45) is 8.97. The Bertz CT molecular complexity index is 453. The van der Waals surface area contributed by atoms with Crippen molar-refractivity contribution in [1.29, 1.82) is 0 Å². The second-order valence-corrected chi connectivity index (χ2v) is 6.12. The molecule has 1 aliphatic rings. The first-order chi connectivity index (χ1) is 9.69. The first-order valence-electron chi connectivity index (χ1n) is 8.07. The Morgan fingerprint density at radius 3 is 2.70 bits per heavy atom. The minimum atomic E-state index is 0.316. The third-order valence-corrected chi connectivity index (χ3v) is 4.22. The van der Waals surface area contributed by atoms with Crippen molar-refractivity contribution >= 4 is 5.78 Å². The number of ketones is 1. The lowest BCUT2D eigenvalue weighted by Gasteiger charge is -2.05. The largest absolute Gasteiger partial charge is 0.327 e. The van der Waals surface area contributed by atoms with Crippen LogP contribution in [0.1, 0.15) is 62.1 Å². The Morgan fingerprint density at radius 2 is 1.90 bits per heavy atom. The van der Waals surface area contributed by atoms with Crippen LogP contribution < -0.4 is 5.73 Å². The Balaban J connectivity index is 1.70. The summed E-state index contributed by atoms with van der Waals surface area (Å²) in [7, 11) is 0. The normalized spacial score (nSPS) is 17.2. The highest BCUT2D eigenvalue weighted by Crippen LogP contribution is 2.23. The molecule has 0 radical (unpaired) electrons. The summed E-state index contributed by atoms with van der Waals surface area (Å²) in [6.45, 7) is 2.13. The molecule has 0 aliphatic heterocycles. The topological polar surface area (TPSA) is 43.1 Å². The third-order valence-electron chi connectivity index (χ3n) is 4.22. The van der Waals surface area contributed by atoms with Gasteiger partial charge in [0.15, 0.2) is 0 Å². The molecule has 110 valence electrons. The standard InChI is InChI=1S/C18H27NO/c1-2-3-7-18(20)8-5-4-6-14-9-10-15-12-17(19)13-16(15)11-14/h9-11,17H,2-8,12-13,19H2,1H3. The summed E-state index contributed by atoms with van der Waals surface area (Å²) in [5.41, 5.74) is 10.3. The SMILES string of the molecule is CCCCC(=O)CCCCc1ccc2c(c1)CC(N)C2. The van der Waals surface area contributed by atoms with Crippen molar-refractivity contribution in [2.75, 3.05) is 0 Å². The second kappa shape index (κ2) is 7.58. The average Bonchev–Trinajstić information content (AvgIpc) is 2.80. The number of carbonyl (C=O) groups is 1. The molecule has 1 atom stereocenters. The fourth-order valence-corrected chi connectivity index (χ4v) is 3.01. The summed E-state index contributed by atoms with van der Waals surface area (Å²) in [5, 5.41) is 0. The van der Waals surface area contributed by atoms with Crippen molar-refractivity contribution in [2.45, 2.75) is 70.8 Å². The van der Waals surface area contributed by atoms with Crippen LogP contribution in [0.15, 0.2) is 18.2 Å². The molecule has 0 heterocycles. The minimum absolute atomic E-state index is 0.316. The lowest BCUT2D eigenvalue weighted by Crippen LogP contribution is -2.18. The number of nitrogens with two attached hydrogens (primary N) is 1. The second-order valence-electron chi connectivity index (χ2n) is 6.12. The molecule has 0 saturated heterocycles. The maximum absolute atomic E-state index is 11.6. The highest BCUT2D eigenvalue weighted by atomic mass is 16.1. The van der Waals surface area contributed by atoms with Gasteiger partial charge in [0.2, 0.25) is 0 Å². The number of aryl methyl sites for hydroxylation is 1. The fraction of sp³-hybridized carbons (Fsp3) is 0.611. The molecule has 0 amide bonds. The van der Waals surface area contributed by atoms with E-state index in [2.05, 4.69) is 25.1 Å². The minimum Gasteiger partial charge on any atom is -0.327 e. The van der Waals surface area contributed by atoms with Crippen LogP contribution in [-0.2, 0) is 24.1 Å². The van der Waals surface area contributed by atoms with E-state index in [1.54, 1.807) is 0 Å². The molecule has 0 fully saturated rings. The molecule has 2 N–H and O–H groups in total. The van der Waals surface area contributed by atoms with E-state index in [0.717, 1.165) is 57.8 Å². The molecule has 0 saturated carbocycles. The molecule has 1 unspecified atom stereocenters. The summed E-state index contributed by atoms with van der Waals surface area (Å²) in [5.74, 6) is 0.437. The predicted octanol–water partition coefficient (Wildman–Crippen LogP) is 3.58. The molecular formula is C18H27NO. The van der Waals surface area contributed by atoms with Crippen molar-refractivity contribution in [3.8, 4) is 0 Å². The zero-order chi connectivity index (χ0) is 14.4. The van der Waals surface area contributed by atoms with Gasteiger partial charge in [-0.05, 0) is 55.2 Å². The third kappa shape index (κ3) is 4.45. The molecule has 0 spiro atoms. The van der Waals surface area contributed by atoms with Gasteiger partial charge in [0.05, 0.1) is 0 Å². The summed E-state index contributed by atoms with van der Waals surface area (Å²) in [6, 6.07) is 7.11. The zero-order valence-electron chi connectivity index (χ0n) is 12.7. The lowest BCUT2D eigenvalue weighted by molar-refractivity contribution is -0.119. The van der Waals surface area contributed by atoms with E-state index in [-0.39, 0.29) is 0 Å². The lowest BCUT2D eigenvalue weighted by atomic mass is 10.0. The number of hydrogen-bond donors (Lipinski definition) is 1.